The Morgan fingerprint density at radius 3 is 2.45 bits per heavy atom. The second kappa shape index (κ2) is 13.6. The number of halogens is 1. The van der Waals surface area contributed by atoms with E-state index in [1.165, 1.54) is 6.20 Å². The van der Waals surface area contributed by atoms with Crippen LogP contribution in [-0.2, 0) is 21.7 Å². The van der Waals surface area contributed by atoms with Gasteiger partial charge in [-0.05, 0) is 65.9 Å². The normalized spacial score (nSPS) is 21.9. The number of likely N-dealkylation sites (tertiary alicyclic amines) is 1. The van der Waals surface area contributed by atoms with Crippen molar-refractivity contribution >= 4 is 23.2 Å². The van der Waals surface area contributed by atoms with E-state index in [1.54, 1.807) is 18.3 Å². The molecule has 2 saturated heterocycles. The van der Waals surface area contributed by atoms with Crippen molar-refractivity contribution in [2.24, 2.45) is 0 Å². The van der Waals surface area contributed by atoms with Crippen molar-refractivity contribution in [1.82, 2.24) is 9.88 Å². The molecule has 9 heteroatoms. The zero-order valence-corrected chi connectivity index (χ0v) is 25.1. The number of rotatable bonds is 8. The highest BCUT2D eigenvalue weighted by Crippen LogP contribution is 2.40. The van der Waals surface area contributed by atoms with E-state index in [-0.39, 0.29) is 24.7 Å². The molecule has 0 bridgehead atoms. The Morgan fingerprint density at radius 2 is 1.75 bits per heavy atom. The van der Waals surface area contributed by atoms with E-state index in [1.807, 2.05) is 72.8 Å². The zero-order valence-electron chi connectivity index (χ0n) is 24.3. The predicted molar refractivity (Wildman–Crippen MR) is 168 cm³/mol. The van der Waals surface area contributed by atoms with Crippen LogP contribution in [0.5, 0.6) is 0 Å². The topological polar surface area (TPSA) is 104 Å². The van der Waals surface area contributed by atoms with Gasteiger partial charge >= 0.3 is 0 Å². The molecule has 3 atom stereocenters. The van der Waals surface area contributed by atoms with Gasteiger partial charge in [0.15, 0.2) is 6.29 Å². The standard InChI is InChI=1S/C35H36ClN3O5/c36-29-12-10-28(11-13-29)35(42)14-17-39(18-15-35)22-31-20-32(25-8-6-24(23-40)7-9-25)44-34(43-31)26-3-1-5-30(19-26)38-33(41)27-4-2-16-37-21-27/h1-13,16,19,21,31-32,34,40,42H,14-15,17-18,20,22-23H2,(H,38,41)/t31-,32+,34+/m1/s1. The molecule has 0 unspecified atom stereocenters. The second-order valence-corrected chi connectivity index (χ2v) is 11.9. The minimum absolute atomic E-state index is 0.0188. The van der Waals surface area contributed by atoms with Crippen molar-refractivity contribution in [2.75, 3.05) is 25.0 Å². The number of anilines is 1. The first-order chi connectivity index (χ1) is 21.4. The molecule has 1 amide bonds. The summed E-state index contributed by atoms with van der Waals surface area (Å²) in [4.78, 5) is 19.1. The molecule has 8 nitrogen and oxygen atoms in total. The number of aliphatic hydroxyl groups is 2. The largest absolute Gasteiger partial charge is 0.392 e. The molecule has 0 aliphatic carbocycles. The molecule has 3 heterocycles. The van der Waals surface area contributed by atoms with E-state index < -0.39 is 11.9 Å². The van der Waals surface area contributed by atoms with E-state index in [0.717, 1.165) is 35.3 Å². The minimum atomic E-state index is -0.877. The van der Waals surface area contributed by atoms with E-state index in [4.69, 9.17) is 21.1 Å². The number of benzene rings is 3. The Labute approximate surface area is 262 Å². The van der Waals surface area contributed by atoms with Crippen LogP contribution in [0.3, 0.4) is 0 Å². The number of piperidine rings is 1. The summed E-state index contributed by atoms with van der Waals surface area (Å²) in [6.07, 6.45) is 4.04. The van der Waals surface area contributed by atoms with Crippen molar-refractivity contribution in [3.05, 3.63) is 130 Å². The fourth-order valence-electron chi connectivity index (χ4n) is 5.94. The molecule has 0 spiro atoms. The number of carbonyl (C=O) groups excluding carboxylic acids is 1. The number of hydrogen-bond acceptors (Lipinski definition) is 7. The lowest BCUT2D eigenvalue weighted by atomic mass is 9.84. The average molecular weight is 614 g/mol. The Balaban J connectivity index is 1.17. The van der Waals surface area contributed by atoms with Crippen molar-refractivity contribution in [3.8, 4) is 0 Å². The molecule has 4 aromatic rings. The van der Waals surface area contributed by atoms with Crippen LogP contribution in [0.15, 0.2) is 97.3 Å². The Bertz CT molecular complexity index is 1540. The lowest BCUT2D eigenvalue weighted by Gasteiger charge is -2.42. The van der Waals surface area contributed by atoms with Crippen LogP contribution in [0.2, 0.25) is 5.02 Å². The van der Waals surface area contributed by atoms with Gasteiger partial charge in [-0.15, -0.1) is 0 Å². The molecule has 6 rings (SSSR count). The fourth-order valence-corrected chi connectivity index (χ4v) is 6.06. The molecule has 2 fully saturated rings. The molecule has 228 valence electrons. The van der Waals surface area contributed by atoms with Gasteiger partial charge in [0.05, 0.1) is 30.0 Å². The molecular formula is C35H36ClN3O5. The molecule has 3 aromatic carbocycles. The van der Waals surface area contributed by atoms with Crippen LogP contribution < -0.4 is 5.32 Å². The summed E-state index contributed by atoms with van der Waals surface area (Å²) in [5, 5.41) is 24.5. The van der Waals surface area contributed by atoms with Crippen LogP contribution in [0.1, 0.15) is 64.3 Å². The van der Waals surface area contributed by atoms with Crippen LogP contribution >= 0.6 is 11.6 Å². The number of aromatic nitrogens is 1. The molecule has 3 N–H and O–H groups in total. The van der Waals surface area contributed by atoms with E-state index in [9.17, 15) is 15.0 Å². The van der Waals surface area contributed by atoms with Gasteiger partial charge in [0.25, 0.3) is 5.91 Å². The third-order valence-corrected chi connectivity index (χ3v) is 8.73. The smallest absolute Gasteiger partial charge is 0.257 e. The summed E-state index contributed by atoms with van der Waals surface area (Å²) in [5.74, 6) is -0.246. The van der Waals surface area contributed by atoms with Crippen molar-refractivity contribution in [2.45, 2.75) is 50.0 Å². The third-order valence-electron chi connectivity index (χ3n) is 8.48. The zero-order chi connectivity index (χ0) is 30.5. The summed E-state index contributed by atoms with van der Waals surface area (Å²) in [7, 11) is 0. The lowest BCUT2D eigenvalue weighted by molar-refractivity contribution is -0.253. The first kappa shape index (κ1) is 30.4. The quantitative estimate of drug-likeness (QED) is 0.224. The molecule has 2 aliphatic heterocycles. The van der Waals surface area contributed by atoms with Gasteiger partial charge < -0.3 is 29.9 Å². The lowest BCUT2D eigenvalue weighted by Crippen LogP contribution is -2.46. The Hall–Kier alpha value is -3.63. The molecule has 0 saturated carbocycles. The number of nitrogens with one attached hydrogen (secondary N) is 1. The number of pyridine rings is 1. The maximum Gasteiger partial charge on any atom is 0.257 e. The van der Waals surface area contributed by atoms with Crippen LogP contribution in [-0.4, -0.2) is 51.7 Å². The van der Waals surface area contributed by atoms with Crippen LogP contribution in [0.4, 0.5) is 5.69 Å². The highest BCUT2D eigenvalue weighted by Gasteiger charge is 2.37. The van der Waals surface area contributed by atoms with Gasteiger partial charge in [0.1, 0.15) is 0 Å². The molecule has 0 radical (unpaired) electrons. The van der Waals surface area contributed by atoms with Crippen molar-refractivity contribution in [3.63, 3.8) is 0 Å². The van der Waals surface area contributed by atoms with Crippen LogP contribution in [0, 0.1) is 0 Å². The highest BCUT2D eigenvalue weighted by atomic mass is 35.5. The van der Waals surface area contributed by atoms with Gasteiger partial charge in [-0.25, -0.2) is 0 Å². The van der Waals surface area contributed by atoms with Gasteiger partial charge in [-0.2, -0.15) is 0 Å². The van der Waals surface area contributed by atoms with Gasteiger partial charge in [0.2, 0.25) is 0 Å². The first-order valence-electron chi connectivity index (χ1n) is 14.9. The maximum atomic E-state index is 12.8. The van der Waals surface area contributed by atoms with E-state index in [0.29, 0.717) is 42.1 Å². The summed E-state index contributed by atoms with van der Waals surface area (Å²) >= 11 is 6.07. The van der Waals surface area contributed by atoms with Gasteiger partial charge in [-0.1, -0.05) is 60.1 Å². The average Bonchev–Trinajstić information content (AvgIpc) is 3.06. The summed E-state index contributed by atoms with van der Waals surface area (Å²) in [5.41, 5.74) is 3.77. The third kappa shape index (κ3) is 7.18. The molecule has 44 heavy (non-hydrogen) atoms. The predicted octanol–water partition coefficient (Wildman–Crippen LogP) is 6.01. The van der Waals surface area contributed by atoms with E-state index in [2.05, 4.69) is 15.2 Å². The summed E-state index contributed by atoms with van der Waals surface area (Å²) in [6, 6.07) is 26.2. The number of aliphatic hydroxyl groups excluding tert-OH is 1. The number of amides is 1. The van der Waals surface area contributed by atoms with Crippen molar-refractivity contribution in [1.29, 1.82) is 0 Å². The SMILES string of the molecule is O=C(Nc1cccc([C@H]2O[C@@H](CN3CCC(O)(c4ccc(Cl)cc4)CC3)C[C@@H](c3ccc(CO)cc3)O2)c1)c1cccnc1. The van der Waals surface area contributed by atoms with Gasteiger partial charge in [-0.3, -0.25) is 9.78 Å². The monoisotopic (exact) mass is 613 g/mol. The van der Waals surface area contributed by atoms with E-state index >= 15 is 0 Å². The molecular weight excluding hydrogens is 578 g/mol. The first-order valence-corrected chi connectivity index (χ1v) is 15.3. The van der Waals surface area contributed by atoms with Gasteiger partial charge in [0, 0.05) is 54.7 Å². The Kier molecular flexibility index (Phi) is 9.37. The Morgan fingerprint density at radius 1 is 0.977 bits per heavy atom. The van der Waals surface area contributed by atoms with Crippen molar-refractivity contribution < 1.29 is 24.5 Å². The number of carbonyl (C=O) groups is 1. The fraction of sp³-hybridized carbons (Fsp3) is 0.314. The molecule has 2 aliphatic rings. The maximum absolute atomic E-state index is 12.8. The summed E-state index contributed by atoms with van der Waals surface area (Å²) in [6.45, 7) is 2.14. The highest BCUT2D eigenvalue weighted by molar-refractivity contribution is 6.30. The second-order valence-electron chi connectivity index (χ2n) is 11.5. The number of hydrogen-bond donors (Lipinski definition) is 3. The van der Waals surface area contributed by atoms with Crippen LogP contribution in [0.25, 0.3) is 0 Å². The molecule has 1 aromatic heterocycles. The number of ether oxygens (including phenoxy) is 2. The summed E-state index contributed by atoms with van der Waals surface area (Å²) < 4.78 is 13.1. The number of nitrogens with zero attached hydrogens (tertiary/aromatic N) is 2. The minimum Gasteiger partial charge on any atom is -0.392 e.